The molecule has 1 saturated heterocycles. The summed E-state index contributed by atoms with van der Waals surface area (Å²) in [5.74, 6) is 0.454. The predicted octanol–water partition coefficient (Wildman–Crippen LogP) is 2.55. The van der Waals surface area contributed by atoms with Crippen LogP contribution in [-0.2, 0) is 9.53 Å². The summed E-state index contributed by atoms with van der Waals surface area (Å²) in [6.07, 6.45) is 1.51. The molecule has 0 atom stereocenters. The van der Waals surface area contributed by atoms with E-state index in [1.807, 2.05) is 12.1 Å². The highest BCUT2D eigenvalue weighted by Gasteiger charge is 2.21. The van der Waals surface area contributed by atoms with Crippen LogP contribution >= 0.6 is 12.2 Å². The molecule has 1 amide bonds. The van der Waals surface area contributed by atoms with Crippen LogP contribution in [-0.4, -0.2) is 24.2 Å². The first-order chi connectivity index (χ1) is 10.6. The second-order valence-corrected chi connectivity index (χ2v) is 6.14. The lowest BCUT2D eigenvalue weighted by atomic mass is 10.00. The average molecular weight is 321 g/mol. The summed E-state index contributed by atoms with van der Waals surface area (Å²) in [4.78, 5) is 12.0. The molecule has 120 valence electrons. The van der Waals surface area contributed by atoms with E-state index in [0.29, 0.717) is 24.2 Å². The van der Waals surface area contributed by atoms with Crippen LogP contribution in [0.1, 0.15) is 38.2 Å². The zero-order valence-corrected chi connectivity index (χ0v) is 13.8. The van der Waals surface area contributed by atoms with Gasteiger partial charge in [0.1, 0.15) is 0 Å². The van der Waals surface area contributed by atoms with E-state index in [1.54, 1.807) is 0 Å². The van der Waals surface area contributed by atoms with Crippen molar-refractivity contribution in [3.05, 3.63) is 29.8 Å². The molecule has 0 aliphatic carbocycles. The summed E-state index contributed by atoms with van der Waals surface area (Å²) in [5, 5.41) is 3.42. The van der Waals surface area contributed by atoms with Gasteiger partial charge in [-0.05, 0) is 48.7 Å². The van der Waals surface area contributed by atoms with E-state index in [1.165, 1.54) is 5.56 Å². The Bertz CT molecular complexity index is 511. The molecule has 1 aromatic carbocycles. The number of benzene rings is 1. The monoisotopic (exact) mass is 321 g/mol. The van der Waals surface area contributed by atoms with Gasteiger partial charge >= 0.3 is 0 Å². The number of carbonyl (C=O) groups excluding carboxylic acids is 1. The number of hydrazine groups is 1. The molecule has 22 heavy (non-hydrogen) atoms. The molecule has 6 heteroatoms. The Morgan fingerprint density at radius 1 is 1.18 bits per heavy atom. The second-order valence-electron chi connectivity index (χ2n) is 5.73. The maximum absolute atomic E-state index is 12.0. The third-order valence-electron chi connectivity index (χ3n) is 3.73. The summed E-state index contributed by atoms with van der Waals surface area (Å²) >= 11 is 5.18. The lowest BCUT2D eigenvalue weighted by molar-refractivity contribution is -0.128. The molecule has 0 radical (unpaired) electrons. The molecule has 0 saturated carbocycles. The van der Waals surface area contributed by atoms with Crippen molar-refractivity contribution in [1.82, 2.24) is 10.9 Å². The largest absolute Gasteiger partial charge is 0.381 e. The van der Waals surface area contributed by atoms with Gasteiger partial charge in [-0.2, -0.15) is 0 Å². The normalized spacial score (nSPS) is 15.4. The van der Waals surface area contributed by atoms with Gasteiger partial charge in [0, 0.05) is 24.8 Å². The van der Waals surface area contributed by atoms with Crippen LogP contribution in [0.4, 0.5) is 5.69 Å². The Morgan fingerprint density at radius 2 is 1.82 bits per heavy atom. The molecule has 3 N–H and O–H groups in total. The third-order valence-corrected chi connectivity index (χ3v) is 3.93. The number of anilines is 1. The molecule has 1 fully saturated rings. The summed E-state index contributed by atoms with van der Waals surface area (Å²) in [5.41, 5.74) is 7.57. The smallest absolute Gasteiger partial charge is 0.241 e. The minimum absolute atomic E-state index is 0.00521. The highest BCUT2D eigenvalue weighted by Crippen LogP contribution is 2.17. The Morgan fingerprint density at radius 3 is 2.41 bits per heavy atom. The number of hydrogen-bond acceptors (Lipinski definition) is 3. The summed E-state index contributed by atoms with van der Waals surface area (Å²) in [7, 11) is 0. The van der Waals surface area contributed by atoms with Gasteiger partial charge in [0.25, 0.3) is 0 Å². The number of nitrogens with one attached hydrogen (secondary N) is 3. The van der Waals surface area contributed by atoms with Gasteiger partial charge in [-0.1, -0.05) is 26.0 Å². The number of ether oxygens (including phenoxy) is 1. The zero-order chi connectivity index (χ0) is 15.9. The molecule has 0 aromatic heterocycles. The van der Waals surface area contributed by atoms with E-state index in [4.69, 9.17) is 17.0 Å². The molecule has 5 nitrogen and oxygen atoms in total. The van der Waals surface area contributed by atoms with Crippen LogP contribution in [0.3, 0.4) is 0 Å². The van der Waals surface area contributed by atoms with E-state index in [2.05, 4.69) is 42.1 Å². The minimum atomic E-state index is -0.0393. The SMILES string of the molecule is CC(C)c1ccc(NC(=S)NNC(=O)C2CCOCC2)cc1. The first-order valence-corrected chi connectivity index (χ1v) is 8.01. The molecule has 2 rings (SSSR count). The predicted molar refractivity (Wildman–Crippen MR) is 91.6 cm³/mol. The third kappa shape index (κ3) is 4.96. The maximum atomic E-state index is 12.0. The van der Waals surface area contributed by atoms with Crippen LogP contribution in [0, 0.1) is 5.92 Å². The van der Waals surface area contributed by atoms with Crippen molar-refractivity contribution in [2.75, 3.05) is 18.5 Å². The summed E-state index contributed by atoms with van der Waals surface area (Å²) < 4.78 is 5.24. The molecule has 1 aromatic rings. The second kappa shape index (κ2) is 8.10. The van der Waals surface area contributed by atoms with Gasteiger partial charge < -0.3 is 10.1 Å². The van der Waals surface area contributed by atoms with Crippen LogP contribution in [0.2, 0.25) is 0 Å². The molecule has 0 spiro atoms. The van der Waals surface area contributed by atoms with Crippen LogP contribution in [0.5, 0.6) is 0 Å². The molecular weight excluding hydrogens is 298 g/mol. The van der Waals surface area contributed by atoms with E-state index < -0.39 is 0 Å². The molecule has 1 aliphatic rings. The van der Waals surface area contributed by atoms with E-state index in [9.17, 15) is 4.79 Å². The Kier molecular flexibility index (Phi) is 6.15. The number of rotatable bonds is 3. The fourth-order valence-electron chi connectivity index (χ4n) is 2.29. The Hall–Kier alpha value is -1.66. The molecule has 1 heterocycles. The van der Waals surface area contributed by atoms with Gasteiger partial charge in [0.05, 0.1) is 0 Å². The fraction of sp³-hybridized carbons (Fsp3) is 0.500. The van der Waals surface area contributed by atoms with Gasteiger partial charge in [-0.3, -0.25) is 15.6 Å². The van der Waals surface area contributed by atoms with Crippen molar-refractivity contribution in [3.8, 4) is 0 Å². The number of carbonyl (C=O) groups is 1. The van der Waals surface area contributed by atoms with Crippen molar-refractivity contribution in [2.24, 2.45) is 5.92 Å². The topological polar surface area (TPSA) is 62.4 Å². The van der Waals surface area contributed by atoms with Crippen LogP contribution < -0.4 is 16.2 Å². The van der Waals surface area contributed by atoms with Gasteiger partial charge in [-0.25, -0.2) is 0 Å². The highest BCUT2D eigenvalue weighted by atomic mass is 32.1. The first kappa shape index (κ1) is 16.7. The Labute approximate surface area is 136 Å². The number of thiocarbonyl (C=S) groups is 1. The fourth-order valence-corrected chi connectivity index (χ4v) is 2.46. The quantitative estimate of drug-likeness (QED) is 0.590. The van der Waals surface area contributed by atoms with E-state index >= 15 is 0 Å². The highest BCUT2D eigenvalue weighted by molar-refractivity contribution is 7.80. The van der Waals surface area contributed by atoms with Crippen molar-refractivity contribution < 1.29 is 9.53 Å². The summed E-state index contributed by atoms with van der Waals surface area (Å²) in [6.45, 7) is 5.59. The standard InChI is InChI=1S/C16H23N3O2S/c1-11(2)12-3-5-14(6-4-12)17-16(22)19-18-15(20)13-7-9-21-10-8-13/h3-6,11,13H,7-10H2,1-2H3,(H,18,20)(H2,17,19,22). The molecule has 0 bridgehead atoms. The van der Waals surface area contributed by atoms with Gasteiger partial charge in [0.2, 0.25) is 5.91 Å². The average Bonchev–Trinajstić information content (AvgIpc) is 2.54. The van der Waals surface area contributed by atoms with Crippen molar-refractivity contribution in [1.29, 1.82) is 0 Å². The van der Waals surface area contributed by atoms with E-state index in [-0.39, 0.29) is 11.8 Å². The van der Waals surface area contributed by atoms with Crippen molar-refractivity contribution >= 4 is 28.9 Å². The first-order valence-electron chi connectivity index (χ1n) is 7.61. The lowest BCUT2D eigenvalue weighted by Gasteiger charge is -2.21. The van der Waals surface area contributed by atoms with Crippen molar-refractivity contribution in [2.45, 2.75) is 32.6 Å². The van der Waals surface area contributed by atoms with E-state index in [0.717, 1.165) is 18.5 Å². The Balaban J connectivity index is 1.76. The molecular formula is C16H23N3O2S. The number of hydrogen-bond donors (Lipinski definition) is 3. The minimum Gasteiger partial charge on any atom is -0.381 e. The molecule has 1 aliphatic heterocycles. The maximum Gasteiger partial charge on any atom is 0.241 e. The lowest BCUT2D eigenvalue weighted by Crippen LogP contribution is -2.47. The molecule has 0 unspecified atom stereocenters. The van der Waals surface area contributed by atoms with Gasteiger partial charge in [0.15, 0.2) is 5.11 Å². The van der Waals surface area contributed by atoms with Crippen LogP contribution in [0.15, 0.2) is 24.3 Å². The van der Waals surface area contributed by atoms with Crippen LogP contribution in [0.25, 0.3) is 0 Å². The zero-order valence-electron chi connectivity index (χ0n) is 13.0. The number of amides is 1. The van der Waals surface area contributed by atoms with Gasteiger partial charge in [-0.15, -0.1) is 0 Å². The van der Waals surface area contributed by atoms with Crippen molar-refractivity contribution in [3.63, 3.8) is 0 Å². The summed E-state index contributed by atoms with van der Waals surface area (Å²) in [6, 6.07) is 8.08.